The van der Waals surface area contributed by atoms with Gasteiger partial charge in [0, 0.05) is 18.2 Å². The Kier molecular flexibility index (Phi) is 3.60. The van der Waals surface area contributed by atoms with Gasteiger partial charge in [-0.25, -0.2) is 0 Å². The molecule has 0 aliphatic carbocycles. The molecule has 2 aliphatic rings. The summed E-state index contributed by atoms with van der Waals surface area (Å²) in [7, 11) is 0. The largest absolute Gasteiger partial charge is 0.454 e. The lowest BCUT2D eigenvalue weighted by Gasteiger charge is -2.21. The molecule has 0 aromatic heterocycles. The van der Waals surface area contributed by atoms with Crippen LogP contribution in [0, 0.1) is 5.92 Å². The fourth-order valence-electron chi connectivity index (χ4n) is 2.85. The highest BCUT2D eigenvalue weighted by molar-refractivity contribution is 9.10. The van der Waals surface area contributed by atoms with E-state index in [9.17, 15) is 4.79 Å². The van der Waals surface area contributed by atoms with Gasteiger partial charge in [-0.2, -0.15) is 0 Å². The highest BCUT2D eigenvalue weighted by atomic mass is 79.9. The van der Waals surface area contributed by atoms with Gasteiger partial charge in [-0.05, 0) is 53.9 Å². The molecular weight excluding hydrogens is 324 g/mol. The minimum atomic E-state index is 0.0208. The molecule has 6 heteroatoms. The summed E-state index contributed by atoms with van der Waals surface area (Å²) in [5.74, 6) is 1.69. The zero-order chi connectivity index (χ0) is 14.3. The van der Waals surface area contributed by atoms with E-state index in [1.165, 1.54) is 0 Å². The second-order valence-electron chi connectivity index (χ2n) is 5.34. The first-order valence-corrected chi connectivity index (χ1v) is 7.49. The highest BCUT2D eigenvalue weighted by Crippen LogP contribution is 2.40. The summed E-state index contributed by atoms with van der Waals surface area (Å²) in [6.45, 7) is 3.61. The van der Waals surface area contributed by atoms with Crippen molar-refractivity contribution in [2.45, 2.75) is 19.4 Å². The maximum absolute atomic E-state index is 12.6. The van der Waals surface area contributed by atoms with Crippen LogP contribution in [0.25, 0.3) is 0 Å². The first-order valence-electron chi connectivity index (χ1n) is 6.70. The molecule has 1 saturated heterocycles. The minimum Gasteiger partial charge on any atom is -0.454 e. The van der Waals surface area contributed by atoms with Crippen LogP contribution in [0.5, 0.6) is 11.5 Å². The van der Waals surface area contributed by atoms with Crippen molar-refractivity contribution in [2.75, 3.05) is 19.9 Å². The number of fused-ring (bicyclic) bond motifs is 1. The van der Waals surface area contributed by atoms with Crippen LogP contribution >= 0.6 is 15.9 Å². The fraction of sp³-hybridized carbons (Fsp3) is 0.500. The van der Waals surface area contributed by atoms with E-state index in [-0.39, 0.29) is 18.7 Å². The number of amides is 1. The molecule has 1 fully saturated rings. The Hall–Kier alpha value is -1.27. The van der Waals surface area contributed by atoms with Crippen molar-refractivity contribution in [1.29, 1.82) is 0 Å². The van der Waals surface area contributed by atoms with E-state index >= 15 is 0 Å². The Balaban J connectivity index is 1.86. The van der Waals surface area contributed by atoms with Gasteiger partial charge in [-0.15, -0.1) is 0 Å². The average molecular weight is 341 g/mol. The monoisotopic (exact) mass is 340 g/mol. The maximum Gasteiger partial charge on any atom is 0.254 e. The van der Waals surface area contributed by atoms with Crippen LogP contribution in [0.2, 0.25) is 0 Å². The van der Waals surface area contributed by atoms with Crippen molar-refractivity contribution in [3.63, 3.8) is 0 Å². The summed E-state index contributed by atoms with van der Waals surface area (Å²) in [5.41, 5.74) is 6.33. The van der Waals surface area contributed by atoms with Crippen LogP contribution in [-0.2, 0) is 0 Å². The zero-order valence-electron chi connectivity index (χ0n) is 11.3. The average Bonchev–Trinajstić information content (AvgIpc) is 3.04. The lowest BCUT2D eigenvalue weighted by Crippen LogP contribution is -2.34. The lowest BCUT2D eigenvalue weighted by atomic mass is 10.1. The highest BCUT2D eigenvalue weighted by Gasteiger charge is 2.33. The Morgan fingerprint density at radius 3 is 3.00 bits per heavy atom. The van der Waals surface area contributed by atoms with E-state index in [2.05, 4.69) is 22.9 Å². The van der Waals surface area contributed by atoms with E-state index in [1.807, 2.05) is 4.90 Å². The summed E-state index contributed by atoms with van der Waals surface area (Å²) >= 11 is 3.42. The number of hydrogen-bond acceptors (Lipinski definition) is 4. The number of benzene rings is 1. The van der Waals surface area contributed by atoms with Gasteiger partial charge in [0.25, 0.3) is 5.91 Å². The minimum absolute atomic E-state index is 0.0208. The predicted molar refractivity (Wildman–Crippen MR) is 77.9 cm³/mol. The standard InChI is InChI=1S/C14H17BrN2O3/c1-8-2-9(5-16)6-17(8)14(18)10-3-11(15)13-12(4-10)19-7-20-13/h3-4,8-9H,2,5-7,16H2,1H3. The fourth-order valence-corrected chi connectivity index (χ4v) is 3.41. The SMILES string of the molecule is CC1CC(CN)CN1C(=O)c1cc(Br)c2c(c1)OCO2. The number of ether oxygens (including phenoxy) is 2. The van der Waals surface area contributed by atoms with E-state index < -0.39 is 0 Å². The molecule has 2 aliphatic heterocycles. The number of rotatable bonds is 2. The van der Waals surface area contributed by atoms with Gasteiger partial charge in [-0.1, -0.05) is 0 Å². The Morgan fingerprint density at radius 1 is 1.50 bits per heavy atom. The third kappa shape index (κ3) is 2.27. The molecule has 2 atom stereocenters. The van der Waals surface area contributed by atoms with Gasteiger partial charge in [0.1, 0.15) is 0 Å². The topological polar surface area (TPSA) is 64.8 Å². The Labute approximate surface area is 126 Å². The molecule has 2 N–H and O–H groups in total. The van der Waals surface area contributed by atoms with Gasteiger partial charge < -0.3 is 20.1 Å². The van der Waals surface area contributed by atoms with Crippen LogP contribution < -0.4 is 15.2 Å². The second-order valence-corrected chi connectivity index (χ2v) is 6.19. The molecule has 0 spiro atoms. The maximum atomic E-state index is 12.6. The summed E-state index contributed by atoms with van der Waals surface area (Å²) in [5, 5.41) is 0. The Morgan fingerprint density at radius 2 is 2.30 bits per heavy atom. The molecule has 1 amide bonds. The number of carbonyl (C=O) groups is 1. The summed E-state index contributed by atoms with van der Waals surface area (Å²) < 4.78 is 11.4. The molecule has 3 rings (SSSR count). The number of hydrogen-bond donors (Lipinski definition) is 1. The first-order chi connectivity index (χ1) is 9.60. The van der Waals surface area contributed by atoms with Crippen molar-refractivity contribution in [1.82, 2.24) is 4.90 Å². The van der Waals surface area contributed by atoms with Gasteiger partial charge in [0.15, 0.2) is 11.5 Å². The normalized spacial score (nSPS) is 24.2. The summed E-state index contributed by atoms with van der Waals surface area (Å²) in [6, 6.07) is 3.76. The number of carbonyl (C=O) groups excluding carboxylic acids is 1. The first kappa shape index (κ1) is 13.7. The number of nitrogens with zero attached hydrogens (tertiary/aromatic N) is 1. The molecule has 2 heterocycles. The van der Waals surface area contributed by atoms with E-state index in [0.717, 1.165) is 17.4 Å². The quantitative estimate of drug-likeness (QED) is 0.894. The van der Waals surface area contributed by atoms with Crippen molar-refractivity contribution < 1.29 is 14.3 Å². The van der Waals surface area contributed by atoms with Crippen molar-refractivity contribution in [3.05, 3.63) is 22.2 Å². The van der Waals surface area contributed by atoms with Crippen LogP contribution in [0.3, 0.4) is 0 Å². The van der Waals surface area contributed by atoms with Crippen LogP contribution in [0.1, 0.15) is 23.7 Å². The van der Waals surface area contributed by atoms with Crippen LogP contribution in [-0.4, -0.2) is 36.7 Å². The number of nitrogens with two attached hydrogens (primary N) is 1. The number of halogens is 1. The van der Waals surface area contributed by atoms with Crippen molar-refractivity contribution >= 4 is 21.8 Å². The smallest absolute Gasteiger partial charge is 0.254 e. The molecule has 108 valence electrons. The molecule has 2 unspecified atom stereocenters. The third-order valence-electron chi connectivity index (χ3n) is 3.93. The number of likely N-dealkylation sites (tertiary alicyclic amines) is 1. The molecule has 0 radical (unpaired) electrons. The van der Waals surface area contributed by atoms with E-state index in [1.54, 1.807) is 12.1 Å². The third-order valence-corrected chi connectivity index (χ3v) is 4.52. The van der Waals surface area contributed by atoms with Crippen molar-refractivity contribution in [3.8, 4) is 11.5 Å². The zero-order valence-corrected chi connectivity index (χ0v) is 12.9. The second kappa shape index (κ2) is 5.26. The van der Waals surface area contributed by atoms with Gasteiger partial charge in [0.05, 0.1) is 4.47 Å². The summed E-state index contributed by atoms with van der Waals surface area (Å²) in [6.07, 6.45) is 0.966. The summed E-state index contributed by atoms with van der Waals surface area (Å²) in [4.78, 5) is 14.5. The molecule has 1 aromatic rings. The predicted octanol–water partition coefficient (Wildman–Crippen LogP) is 1.99. The molecule has 0 saturated carbocycles. The van der Waals surface area contributed by atoms with Crippen LogP contribution in [0.15, 0.2) is 16.6 Å². The van der Waals surface area contributed by atoms with E-state index in [4.69, 9.17) is 15.2 Å². The van der Waals surface area contributed by atoms with Crippen molar-refractivity contribution in [2.24, 2.45) is 11.7 Å². The molecule has 5 nitrogen and oxygen atoms in total. The molecular formula is C14H17BrN2O3. The molecule has 0 bridgehead atoms. The van der Waals surface area contributed by atoms with E-state index in [0.29, 0.717) is 29.5 Å². The van der Waals surface area contributed by atoms with Gasteiger partial charge >= 0.3 is 0 Å². The Bertz CT molecular complexity index is 549. The molecule has 20 heavy (non-hydrogen) atoms. The van der Waals surface area contributed by atoms with Crippen LogP contribution in [0.4, 0.5) is 0 Å². The molecule has 1 aromatic carbocycles. The van der Waals surface area contributed by atoms with Gasteiger partial charge in [-0.3, -0.25) is 4.79 Å². The lowest BCUT2D eigenvalue weighted by molar-refractivity contribution is 0.0743. The van der Waals surface area contributed by atoms with Gasteiger partial charge in [0.2, 0.25) is 6.79 Å².